The van der Waals surface area contributed by atoms with Gasteiger partial charge in [-0.3, -0.25) is 18.3 Å². The summed E-state index contributed by atoms with van der Waals surface area (Å²) in [7, 11) is 0. The van der Waals surface area contributed by atoms with Gasteiger partial charge in [0.2, 0.25) is 23.5 Å². The molecule has 532 valence electrons. The molecule has 0 atom stereocenters. The van der Waals surface area contributed by atoms with E-state index in [1.165, 1.54) is 39.0 Å². The molecule has 0 fully saturated rings. The highest BCUT2D eigenvalue weighted by Crippen LogP contribution is 2.29. The van der Waals surface area contributed by atoms with Crippen molar-refractivity contribution in [3.05, 3.63) is 239 Å². The third-order valence-electron chi connectivity index (χ3n) is 16.6. The van der Waals surface area contributed by atoms with E-state index in [4.69, 9.17) is 56.1 Å². The van der Waals surface area contributed by atoms with Gasteiger partial charge in [-0.25, -0.2) is 28.0 Å². The van der Waals surface area contributed by atoms with E-state index >= 15 is 0 Å². The summed E-state index contributed by atoms with van der Waals surface area (Å²) in [4.78, 5) is 77.3. The second-order valence-electron chi connectivity index (χ2n) is 24.0. The van der Waals surface area contributed by atoms with Crippen LogP contribution in [0.25, 0.3) is 44.1 Å². The number of H-pyrrole nitrogens is 4. The lowest BCUT2D eigenvalue weighted by Crippen LogP contribution is -2.17. The number of anilines is 4. The van der Waals surface area contributed by atoms with Crippen LogP contribution in [0.3, 0.4) is 0 Å². The lowest BCUT2D eigenvalue weighted by molar-refractivity contribution is 0.312. The Hall–Kier alpha value is -12.5. The van der Waals surface area contributed by atoms with E-state index in [2.05, 4.69) is 64.2 Å². The molecule has 103 heavy (non-hydrogen) atoms. The first-order valence-corrected chi connectivity index (χ1v) is 32.9. The zero-order valence-corrected chi connectivity index (χ0v) is 56.4. The topological polar surface area (TPSA) is 371 Å². The maximum atomic E-state index is 13.9. The van der Waals surface area contributed by atoms with Gasteiger partial charge >= 0.3 is 22.8 Å². The van der Waals surface area contributed by atoms with Crippen molar-refractivity contribution in [1.82, 2.24) is 58.1 Å². The predicted octanol–water partition coefficient (Wildman–Crippen LogP) is 9.54. The van der Waals surface area contributed by atoms with Gasteiger partial charge in [0.25, 0.3) is 0 Å². The van der Waals surface area contributed by atoms with Gasteiger partial charge in [0.05, 0.1) is 74.7 Å². The third kappa shape index (κ3) is 17.2. The van der Waals surface area contributed by atoms with Gasteiger partial charge in [0, 0.05) is 36.4 Å². The van der Waals surface area contributed by atoms with Crippen LogP contribution in [0.1, 0.15) is 59.9 Å². The Kier molecular flexibility index (Phi) is 22.0. The number of nitrogens with two attached hydrogens (primary N) is 4. The molecule has 16 bridgehead atoms. The predicted molar refractivity (Wildman–Crippen MR) is 390 cm³/mol. The maximum Gasteiger partial charge on any atom is 0.326 e. The minimum absolute atomic E-state index is 0. The Bertz CT molecular complexity index is 5290. The normalized spacial score (nSPS) is 15.7. The molecule has 4 aromatic carbocycles. The van der Waals surface area contributed by atoms with Crippen LogP contribution in [0.2, 0.25) is 0 Å². The Labute approximate surface area is 591 Å². The first-order chi connectivity index (χ1) is 49.6. The van der Waals surface area contributed by atoms with Crippen LogP contribution in [0.5, 0.6) is 40.8 Å². The van der Waals surface area contributed by atoms with E-state index in [1.807, 2.05) is 72.9 Å². The summed E-state index contributed by atoms with van der Waals surface area (Å²) >= 11 is 0. The lowest BCUT2D eigenvalue weighted by Gasteiger charge is -2.09. The van der Waals surface area contributed by atoms with E-state index in [1.54, 1.807) is 45.5 Å². The Morgan fingerprint density at radius 3 is 1.10 bits per heavy atom. The van der Waals surface area contributed by atoms with Crippen LogP contribution in [-0.2, 0) is 32.6 Å². The average molecular weight is 1420 g/mol. The number of rotatable bonds is 0. The molecule has 4 aliphatic rings. The molecule has 0 saturated heterocycles. The molecular formula is C73H73ClF2N16O11. The van der Waals surface area contributed by atoms with Crippen molar-refractivity contribution >= 4 is 79.8 Å². The summed E-state index contributed by atoms with van der Waals surface area (Å²) in [6, 6.07) is 31.7. The van der Waals surface area contributed by atoms with Crippen LogP contribution >= 0.6 is 12.4 Å². The zero-order chi connectivity index (χ0) is 70.6. The molecular weight excluding hydrogens is 1350 g/mol. The smallest absolute Gasteiger partial charge is 0.326 e. The Morgan fingerprint density at radius 2 is 0.670 bits per heavy atom. The highest BCUT2D eigenvalue weighted by atomic mass is 35.5. The molecule has 12 N–H and O–H groups in total. The molecule has 12 aromatic rings. The molecule has 8 aromatic heterocycles. The van der Waals surface area contributed by atoms with Crippen LogP contribution in [0, 0.1) is 11.6 Å². The van der Waals surface area contributed by atoms with E-state index in [-0.39, 0.29) is 71.5 Å². The number of allylic oxidation sites excluding steroid dienone is 1. The maximum absolute atomic E-state index is 13.9. The Morgan fingerprint density at radius 1 is 0.340 bits per heavy atom. The van der Waals surface area contributed by atoms with Gasteiger partial charge in [-0.15, -0.1) is 12.4 Å². The van der Waals surface area contributed by atoms with Crippen LogP contribution < -0.4 is 78.9 Å². The first-order valence-electron chi connectivity index (χ1n) is 32.9. The molecule has 27 nitrogen and oxygen atoms in total. The largest absolute Gasteiger partial charge is 0.493 e. The molecule has 12 heterocycles. The molecule has 0 radical (unpaired) electrons. The second kappa shape index (κ2) is 32.2. The molecule has 0 unspecified atom stereocenters. The van der Waals surface area contributed by atoms with Crippen LogP contribution in [0.15, 0.2) is 177 Å². The number of fused-ring (bicyclic) bond motifs is 12. The molecule has 16 rings (SSSR count). The Balaban J connectivity index is 0.000000129. The molecule has 4 aliphatic heterocycles. The van der Waals surface area contributed by atoms with Gasteiger partial charge in [0.15, 0.2) is 23.3 Å². The third-order valence-corrected chi connectivity index (χ3v) is 16.6. The van der Waals surface area contributed by atoms with Crippen molar-refractivity contribution in [3.63, 3.8) is 0 Å². The number of nitrogens with one attached hydrogen (secondary N) is 4. The number of halogens is 3. The summed E-state index contributed by atoms with van der Waals surface area (Å²) in [5.41, 5.74) is 31.7. The minimum atomic E-state index is -0.427. The number of nitrogen functional groups attached to an aromatic ring is 4. The number of benzene rings is 4. The minimum Gasteiger partial charge on any atom is -0.493 e. The second-order valence-corrected chi connectivity index (χ2v) is 24.0. The average Bonchev–Trinajstić information content (AvgIpc) is 1.66. The first kappa shape index (κ1) is 70.3. The fourth-order valence-electron chi connectivity index (χ4n) is 11.9. The quantitative estimate of drug-likeness (QED) is 0.0655. The number of imidazole rings is 4. The van der Waals surface area contributed by atoms with Crippen molar-refractivity contribution in [2.24, 2.45) is 0 Å². The van der Waals surface area contributed by atoms with E-state index in [9.17, 15) is 28.0 Å². The highest BCUT2D eigenvalue weighted by molar-refractivity contribution is 5.88. The summed E-state index contributed by atoms with van der Waals surface area (Å²) in [5, 5.41) is 0. The fourth-order valence-corrected chi connectivity index (χ4v) is 11.9. The van der Waals surface area contributed by atoms with Crippen LogP contribution in [0.4, 0.5) is 32.1 Å². The standard InChI is InChI=1S/C19H20N4O2.2C18H17FN4O3.C18H18N4O3.ClH/c20-18-17-15-11-16(21-18)25-9-4-2-1-3-6-13-7-5-8-14(10-13)12-23(15)19(24)22-17;2*19-12-6-11-7-13(8-12)25-4-2-1-3-5-26-15-9-14-16(17(20)21-15)22-18(24)23(14)10-11;19-17-16-14-10-15(20-17)25-8-3-1-2-7-24-13-6-4-5-12(9-13)11-22(14)18(23)21-16;/h1-2,5,7-8,10-11H,3-4,6,9,12H2,(H2,20,21)(H,22,24);2*1-2,6-9H,3-5,10H2,(H2,20,21)(H,22,24);1,3-6,9-10H,2,7-8,11H2,(H2,19,20)(H,21,23);1H/b3*2-1+;3-1+;. The number of ether oxygens (including phenoxy) is 7. The molecule has 0 aliphatic carbocycles. The fraction of sp³-hybridized carbons (Fsp3) is 0.233. The zero-order valence-electron chi connectivity index (χ0n) is 55.6. The van der Waals surface area contributed by atoms with Gasteiger partial charge in [-0.05, 0) is 103 Å². The number of aryl methyl sites for hydroxylation is 1. The van der Waals surface area contributed by atoms with Crippen LogP contribution in [-0.4, -0.2) is 104 Å². The summed E-state index contributed by atoms with van der Waals surface area (Å²) in [5.74, 6) is 3.12. The number of pyridine rings is 4. The summed E-state index contributed by atoms with van der Waals surface area (Å²) < 4.78 is 73.6. The van der Waals surface area contributed by atoms with Gasteiger partial charge < -0.3 is 76.0 Å². The number of aromatic nitrogens is 12. The number of aromatic amines is 4. The highest BCUT2D eigenvalue weighted by Gasteiger charge is 2.20. The van der Waals surface area contributed by atoms with Gasteiger partial charge in [0.1, 0.15) is 70.8 Å². The molecule has 0 saturated carbocycles. The van der Waals surface area contributed by atoms with E-state index < -0.39 is 11.6 Å². The van der Waals surface area contributed by atoms with Crippen molar-refractivity contribution < 1.29 is 41.9 Å². The summed E-state index contributed by atoms with van der Waals surface area (Å²) in [6.07, 6.45) is 20.6. The number of nitrogens with zero attached hydrogens (tertiary/aromatic N) is 8. The monoisotopic (exact) mass is 1420 g/mol. The van der Waals surface area contributed by atoms with Crippen molar-refractivity contribution in [2.75, 3.05) is 69.2 Å². The van der Waals surface area contributed by atoms with Crippen molar-refractivity contribution in [3.8, 4) is 40.8 Å². The molecule has 0 spiro atoms. The lowest BCUT2D eigenvalue weighted by atomic mass is 10.1. The number of hydrogen-bond donors (Lipinski definition) is 8. The molecule has 0 amide bonds. The van der Waals surface area contributed by atoms with Gasteiger partial charge in [-0.2, -0.15) is 19.9 Å². The van der Waals surface area contributed by atoms with Crippen molar-refractivity contribution in [2.45, 2.75) is 64.7 Å². The number of hydrogen-bond acceptors (Lipinski definition) is 19. The molecule has 30 heteroatoms. The SMILES string of the molecule is Cl.Nc1nc2cc3c1[nH]c(=O)n3Cc1cc(F)cc(c1)OC/C=C/CCO2.Nc1nc2cc3c1[nH]c(=O)n3Cc1cc(F)cc(c1)OC/C=C/CCO2.Nc1nc2cc3c1[nH]c(=O)n3Cc1cccc(c1)CC/C=C/CCO2.Nc1nc2cc3c1[nH]c(=O)n3Cc1cccc(c1)OCC/C=C/CO2. The van der Waals surface area contributed by atoms with E-state index in [0.717, 1.165) is 42.6 Å². The summed E-state index contributed by atoms with van der Waals surface area (Å²) in [6.45, 7) is 4.12. The van der Waals surface area contributed by atoms with Gasteiger partial charge in [-0.1, -0.05) is 85.0 Å². The van der Waals surface area contributed by atoms with E-state index in [0.29, 0.717) is 162 Å². The van der Waals surface area contributed by atoms with Crippen molar-refractivity contribution in [1.29, 1.82) is 0 Å².